The Labute approximate surface area is 163 Å². The molecule has 0 aliphatic rings. The van der Waals surface area contributed by atoms with Gasteiger partial charge in [-0.25, -0.2) is 4.79 Å². The van der Waals surface area contributed by atoms with E-state index in [1.807, 2.05) is 29.2 Å². The van der Waals surface area contributed by atoms with E-state index in [0.717, 1.165) is 56.5 Å². The number of aryl methyl sites for hydroxylation is 4. The molecule has 0 unspecified atom stereocenters. The summed E-state index contributed by atoms with van der Waals surface area (Å²) in [7, 11) is 0. The van der Waals surface area contributed by atoms with Crippen LogP contribution in [-0.4, -0.2) is 19.3 Å². The Morgan fingerprint density at radius 2 is 1.93 bits per heavy atom. The summed E-state index contributed by atoms with van der Waals surface area (Å²) in [5.74, 6) is 0.800. The Morgan fingerprint density at radius 1 is 1.18 bits per heavy atom. The van der Waals surface area contributed by atoms with Crippen LogP contribution in [0, 0.1) is 20.8 Å². The Kier molecular flexibility index (Phi) is 4.37. The highest BCUT2D eigenvalue weighted by atomic mass is 16.5. The lowest BCUT2D eigenvalue weighted by atomic mass is 9.96. The molecule has 0 aliphatic carbocycles. The third-order valence-electron chi connectivity index (χ3n) is 5.40. The largest absolute Gasteiger partial charge is 0.361 e. The van der Waals surface area contributed by atoms with Crippen molar-refractivity contribution in [2.75, 3.05) is 0 Å². The molecule has 0 N–H and O–H groups in total. The lowest BCUT2D eigenvalue weighted by Crippen LogP contribution is -2.25. The van der Waals surface area contributed by atoms with Gasteiger partial charge in [-0.05, 0) is 64.3 Å². The van der Waals surface area contributed by atoms with Gasteiger partial charge in [-0.15, -0.1) is 0 Å². The fraction of sp³-hybridized carbons (Fsp3) is 0.409. The number of aromatic nitrogens is 4. The third-order valence-corrected chi connectivity index (χ3v) is 5.40. The van der Waals surface area contributed by atoms with Crippen LogP contribution in [0.2, 0.25) is 0 Å². The minimum absolute atomic E-state index is 0.0357. The van der Waals surface area contributed by atoms with Crippen molar-refractivity contribution >= 4 is 21.9 Å². The van der Waals surface area contributed by atoms with Gasteiger partial charge in [0.05, 0.1) is 28.4 Å². The summed E-state index contributed by atoms with van der Waals surface area (Å²) in [6, 6.07) is 4.30. The van der Waals surface area contributed by atoms with Crippen LogP contribution in [0.4, 0.5) is 0 Å². The molecule has 0 spiro atoms. The molecule has 6 heteroatoms. The van der Waals surface area contributed by atoms with Gasteiger partial charge in [0.1, 0.15) is 5.76 Å². The molecule has 0 fully saturated rings. The summed E-state index contributed by atoms with van der Waals surface area (Å²) in [5, 5.41) is 5.10. The monoisotopic (exact) mass is 378 g/mol. The molecule has 0 saturated heterocycles. The molecule has 1 aromatic carbocycles. The predicted octanol–water partition coefficient (Wildman–Crippen LogP) is 4.92. The molecule has 0 bridgehead atoms. The maximum Gasteiger partial charge on any atom is 0.329 e. The summed E-state index contributed by atoms with van der Waals surface area (Å²) in [5.41, 5.74) is 6.85. The number of nitrogens with zero attached hydrogens (tertiary/aromatic N) is 4. The standard InChI is InChI=1S/C22H26N4O2/c1-7-8-25-19-11-23-18-10-16(20-14(5)24-28-15(20)6)13(4)9-17(18)21(19)26(12(2)3)22(25)27/h9-12H,7-8H2,1-6H3. The number of pyridine rings is 1. The normalized spacial score (nSPS) is 12.0. The van der Waals surface area contributed by atoms with E-state index in [-0.39, 0.29) is 11.7 Å². The van der Waals surface area contributed by atoms with Crippen molar-refractivity contribution in [1.29, 1.82) is 0 Å². The molecule has 3 aromatic heterocycles. The molecule has 146 valence electrons. The SMILES string of the molecule is CCCn1c(=O)n(C(C)C)c2c3cc(C)c(-c4c(C)noc4C)cc3ncc21. The molecule has 0 atom stereocenters. The van der Waals surface area contributed by atoms with E-state index in [4.69, 9.17) is 9.51 Å². The van der Waals surface area contributed by atoms with Crippen LogP contribution >= 0.6 is 0 Å². The molecule has 28 heavy (non-hydrogen) atoms. The first kappa shape index (κ1) is 18.5. The van der Waals surface area contributed by atoms with Gasteiger partial charge in [0, 0.05) is 23.5 Å². The van der Waals surface area contributed by atoms with Gasteiger partial charge >= 0.3 is 5.69 Å². The first-order valence-electron chi connectivity index (χ1n) is 9.82. The molecule has 4 aromatic rings. The summed E-state index contributed by atoms with van der Waals surface area (Å²) < 4.78 is 9.10. The highest BCUT2D eigenvalue weighted by molar-refractivity contribution is 6.04. The second kappa shape index (κ2) is 6.62. The van der Waals surface area contributed by atoms with Crippen molar-refractivity contribution in [3.05, 3.63) is 45.8 Å². The number of rotatable bonds is 4. The second-order valence-corrected chi connectivity index (χ2v) is 7.77. The third kappa shape index (κ3) is 2.58. The number of fused-ring (bicyclic) bond motifs is 3. The average molecular weight is 378 g/mol. The minimum Gasteiger partial charge on any atom is -0.361 e. The van der Waals surface area contributed by atoms with Crippen molar-refractivity contribution in [1.82, 2.24) is 19.3 Å². The molecule has 6 nitrogen and oxygen atoms in total. The summed E-state index contributed by atoms with van der Waals surface area (Å²) >= 11 is 0. The molecule has 0 radical (unpaired) electrons. The molecule has 0 saturated carbocycles. The minimum atomic E-state index is 0.0357. The van der Waals surface area contributed by atoms with Crippen LogP contribution in [0.1, 0.15) is 50.3 Å². The molecular formula is C22H26N4O2. The highest BCUT2D eigenvalue weighted by Crippen LogP contribution is 2.34. The zero-order valence-electron chi connectivity index (χ0n) is 17.3. The molecule has 4 rings (SSSR count). The first-order valence-corrected chi connectivity index (χ1v) is 9.82. The first-order chi connectivity index (χ1) is 13.3. The van der Waals surface area contributed by atoms with Gasteiger partial charge in [-0.3, -0.25) is 14.1 Å². The van der Waals surface area contributed by atoms with Crippen molar-refractivity contribution in [3.8, 4) is 11.1 Å². The fourth-order valence-electron chi connectivity index (χ4n) is 4.16. The van der Waals surface area contributed by atoms with Gasteiger partial charge in [0.25, 0.3) is 0 Å². The van der Waals surface area contributed by atoms with Crippen molar-refractivity contribution in [2.24, 2.45) is 0 Å². The van der Waals surface area contributed by atoms with E-state index in [9.17, 15) is 4.79 Å². The lowest BCUT2D eigenvalue weighted by Gasteiger charge is -2.12. The van der Waals surface area contributed by atoms with Crippen LogP contribution in [0.5, 0.6) is 0 Å². The quantitative estimate of drug-likeness (QED) is 0.505. The zero-order valence-corrected chi connectivity index (χ0v) is 17.3. The van der Waals surface area contributed by atoms with Crippen LogP contribution in [-0.2, 0) is 6.54 Å². The summed E-state index contributed by atoms with van der Waals surface area (Å²) in [6.07, 6.45) is 2.74. The van der Waals surface area contributed by atoms with E-state index < -0.39 is 0 Å². The van der Waals surface area contributed by atoms with Crippen LogP contribution in [0.15, 0.2) is 27.6 Å². The second-order valence-electron chi connectivity index (χ2n) is 7.77. The highest BCUT2D eigenvalue weighted by Gasteiger charge is 2.20. The number of imidazole rings is 1. The molecule has 3 heterocycles. The predicted molar refractivity (Wildman–Crippen MR) is 112 cm³/mol. The lowest BCUT2D eigenvalue weighted by molar-refractivity contribution is 0.393. The van der Waals surface area contributed by atoms with E-state index in [1.54, 1.807) is 0 Å². The smallest absolute Gasteiger partial charge is 0.329 e. The maximum atomic E-state index is 13.1. The molecule has 0 amide bonds. The number of benzene rings is 1. The topological polar surface area (TPSA) is 65.8 Å². The number of hydrogen-bond acceptors (Lipinski definition) is 4. The zero-order chi connectivity index (χ0) is 20.2. The van der Waals surface area contributed by atoms with Crippen LogP contribution in [0.25, 0.3) is 33.1 Å². The number of hydrogen-bond donors (Lipinski definition) is 0. The van der Waals surface area contributed by atoms with Crippen LogP contribution < -0.4 is 5.69 Å². The molecule has 0 aliphatic heterocycles. The Bertz CT molecular complexity index is 1240. The van der Waals surface area contributed by atoms with E-state index in [0.29, 0.717) is 6.54 Å². The maximum absolute atomic E-state index is 13.1. The molecular weight excluding hydrogens is 352 g/mol. The average Bonchev–Trinajstić information content (AvgIpc) is 3.12. The van der Waals surface area contributed by atoms with Gasteiger partial charge < -0.3 is 4.52 Å². The Balaban J connectivity index is 2.10. The summed E-state index contributed by atoms with van der Waals surface area (Å²) in [6.45, 7) is 12.8. The van der Waals surface area contributed by atoms with Gasteiger partial charge in [0.2, 0.25) is 0 Å². The van der Waals surface area contributed by atoms with Gasteiger partial charge in [-0.1, -0.05) is 12.1 Å². The Morgan fingerprint density at radius 3 is 2.54 bits per heavy atom. The van der Waals surface area contributed by atoms with E-state index in [2.05, 4.69) is 45.0 Å². The van der Waals surface area contributed by atoms with Crippen LogP contribution in [0.3, 0.4) is 0 Å². The summed E-state index contributed by atoms with van der Waals surface area (Å²) in [4.78, 5) is 17.8. The van der Waals surface area contributed by atoms with Crippen molar-refractivity contribution < 1.29 is 4.52 Å². The van der Waals surface area contributed by atoms with Crippen molar-refractivity contribution in [3.63, 3.8) is 0 Å². The van der Waals surface area contributed by atoms with E-state index in [1.165, 1.54) is 0 Å². The van der Waals surface area contributed by atoms with E-state index >= 15 is 0 Å². The van der Waals surface area contributed by atoms with Gasteiger partial charge in [-0.2, -0.15) is 0 Å². The van der Waals surface area contributed by atoms with Gasteiger partial charge in [0.15, 0.2) is 0 Å². The fourth-order valence-corrected chi connectivity index (χ4v) is 4.16. The van der Waals surface area contributed by atoms with Crippen molar-refractivity contribution in [2.45, 2.75) is 60.5 Å². The Hall–Kier alpha value is -2.89.